The SMILES string of the molecule is CCCS(=O)(=O)NC1CCN(C(=O)CCCn2cnc3cc(OC)c(OC)cc3c2=O)CC1. The summed E-state index contributed by atoms with van der Waals surface area (Å²) in [5.74, 6) is 1.09. The maximum Gasteiger partial charge on any atom is 0.261 e. The maximum absolute atomic E-state index is 12.8. The molecule has 0 radical (unpaired) electrons. The first kappa shape index (κ1) is 25.0. The van der Waals surface area contributed by atoms with E-state index in [1.54, 1.807) is 17.0 Å². The monoisotopic (exact) mass is 480 g/mol. The van der Waals surface area contributed by atoms with E-state index in [2.05, 4.69) is 9.71 Å². The minimum absolute atomic E-state index is 0.0121. The third-order valence-electron chi connectivity index (χ3n) is 5.79. The maximum atomic E-state index is 12.8. The van der Waals surface area contributed by atoms with Crippen LogP contribution in [0.3, 0.4) is 0 Å². The Bertz CT molecular complexity index is 1140. The Morgan fingerprint density at radius 1 is 1.18 bits per heavy atom. The zero-order chi connectivity index (χ0) is 24.0. The van der Waals surface area contributed by atoms with Crippen LogP contribution < -0.4 is 19.8 Å². The summed E-state index contributed by atoms with van der Waals surface area (Å²) in [5, 5.41) is 0.425. The van der Waals surface area contributed by atoms with Crippen LogP contribution in [0, 0.1) is 0 Å². The number of aromatic nitrogens is 2. The van der Waals surface area contributed by atoms with E-state index in [0.29, 0.717) is 74.1 Å². The first-order valence-corrected chi connectivity index (χ1v) is 12.8. The molecule has 0 atom stereocenters. The predicted molar refractivity (Wildman–Crippen MR) is 125 cm³/mol. The van der Waals surface area contributed by atoms with Gasteiger partial charge in [-0.15, -0.1) is 0 Å². The molecule has 2 aromatic rings. The number of ether oxygens (including phenoxy) is 2. The number of amides is 1. The normalized spacial score (nSPS) is 15.1. The fourth-order valence-corrected chi connectivity index (χ4v) is 5.43. The van der Waals surface area contributed by atoms with Crippen molar-refractivity contribution in [1.82, 2.24) is 19.2 Å². The minimum Gasteiger partial charge on any atom is -0.493 e. The molecule has 0 unspecified atom stereocenters. The Morgan fingerprint density at radius 2 is 1.85 bits per heavy atom. The van der Waals surface area contributed by atoms with Crippen LogP contribution in [0.15, 0.2) is 23.3 Å². The van der Waals surface area contributed by atoms with Crippen molar-refractivity contribution < 1.29 is 22.7 Å². The van der Waals surface area contributed by atoms with Crippen LogP contribution >= 0.6 is 0 Å². The Balaban J connectivity index is 1.54. The first-order valence-electron chi connectivity index (χ1n) is 11.2. The number of sulfonamides is 1. The number of hydrogen-bond acceptors (Lipinski definition) is 7. The molecule has 11 heteroatoms. The zero-order valence-electron chi connectivity index (χ0n) is 19.4. The smallest absolute Gasteiger partial charge is 0.261 e. The van der Waals surface area contributed by atoms with Crippen molar-refractivity contribution in [3.63, 3.8) is 0 Å². The second kappa shape index (κ2) is 11.0. The van der Waals surface area contributed by atoms with Crippen LogP contribution in [-0.2, 0) is 21.4 Å². The van der Waals surface area contributed by atoms with E-state index in [1.807, 2.05) is 6.92 Å². The number of benzene rings is 1. The summed E-state index contributed by atoms with van der Waals surface area (Å²) < 4.78 is 38.6. The number of rotatable bonds is 10. The molecule has 1 N–H and O–H groups in total. The number of hydrogen-bond donors (Lipinski definition) is 1. The molecule has 1 aliphatic rings. The molecule has 3 rings (SSSR count). The molecule has 1 amide bonds. The van der Waals surface area contributed by atoms with Crippen molar-refractivity contribution in [2.24, 2.45) is 0 Å². The highest BCUT2D eigenvalue weighted by Crippen LogP contribution is 2.29. The largest absolute Gasteiger partial charge is 0.493 e. The standard InChI is InChI=1S/C22H32N4O6S/c1-4-12-33(29,30)24-16-7-10-25(11-8-16)21(27)6-5-9-26-15-23-18-14-20(32-3)19(31-2)13-17(18)22(26)28/h13-16,24H,4-12H2,1-3H3. The summed E-state index contributed by atoms with van der Waals surface area (Å²) >= 11 is 0. The lowest BCUT2D eigenvalue weighted by Gasteiger charge is -2.32. The first-order chi connectivity index (χ1) is 15.8. The molecule has 0 aliphatic carbocycles. The number of carbonyl (C=O) groups is 1. The van der Waals surface area contributed by atoms with Crippen LogP contribution in [0.4, 0.5) is 0 Å². The molecule has 0 bridgehead atoms. The van der Waals surface area contributed by atoms with E-state index >= 15 is 0 Å². The molecule has 1 aliphatic heterocycles. The molecule has 10 nitrogen and oxygen atoms in total. The highest BCUT2D eigenvalue weighted by molar-refractivity contribution is 7.89. The van der Waals surface area contributed by atoms with E-state index in [4.69, 9.17) is 9.47 Å². The van der Waals surface area contributed by atoms with Gasteiger partial charge in [-0.3, -0.25) is 14.2 Å². The van der Waals surface area contributed by atoms with Crippen LogP contribution in [0.25, 0.3) is 10.9 Å². The van der Waals surface area contributed by atoms with Gasteiger partial charge >= 0.3 is 0 Å². The Hall–Kier alpha value is -2.66. The summed E-state index contributed by atoms with van der Waals surface area (Å²) in [6.45, 7) is 3.25. The van der Waals surface area contributed by atoms with Crippen LogP contribution in [0.2, 0.25) is 0 Å². The summed E-state index contributed by atoms with van der Waals surface area (Å²) in [6.07, 6.45) is 4.08. The fourth-order valence-electron chi connectivity index (χ4n) is 4.03. The van der Waals surface area contributed by atoms with Gasteiger partial charge < -0.3 is 14.4 Å². The number of aryl methyl sites for hydroxylation is 1. The average Bonchev–Trinajstić information content (AvgIpc) is 2.79. The minimum atomic E-state index is -3.25. The van der Waals surface area contributed by atoms with Crippen LogP contribution in [-0.4, -0.2) is 67.9 Å². The molecule has 1 aromatic carbocycles. The van der Waals surface area contributed by atoms with Gasteiger partial charge in [0.15, 0.2) is 11.5 Å². The number of methoxy groups -OCH3 is 2. The third-order valence-corrected chi connectivity index (χ3v) is 7.42. The molecule has 33 heavy (non-hydrogen) atoms. The summed E-state index contributed by atoms with van der Waals surface area (Å²) in [4.78, 5) is 31.5. The number of nitrogens with zero attached hydrogens (tertiary/aromatic N) is 3. The summed E-state index contributed by atoms with van der Waals surface area (Å²) in [7, 11) is -0.218. The number of carbonyl (C=O) groups excluding carboxylic acids is 1. The molecule has 182 valence electrons. The second-order valence-electron chi connectivity index (χ2n) is 8.16. The Labute approximate surface area is 193 Å². The van der Waals surface area contributed by atoms with E-state index in [9.17, 15) is 18.0 Å². The van der Waals surface area contributed by atoms with Crippen LogP contribution in [0.5, 0.6) is 11.5 Å². The van der Waals surface area contributed by atoms with E-state index in [0.717, 1.165) is 0 Å². The molecule has 1 saturated heterocycles. The number of piperidine rings is 1. The Kier molecular flexibility index (Phi) is 8.30. The molecule has 1 aromatic heterocycles. The second-order valence-corrected chi connectivity index (χ2v) is 10.0. The molecule has 1 fully saturated rings. The van der Waals surface area contributed by atoms with Gasteiger partial charge in [0.05, 0.1) is 37.2 Å². The average molecular weight is 481 g/mol. The van der Waals surface area contributed by atoms with Crippen LogP contribution in [0.1, 0.15) is 39.0 Å². The lowest BCUT2D eigenvalue weighted by atomic mass is 10.1. The Morgan fingerprint density at radius 3 is 2.48 bits per heavy atom. The van der Waals surface area contributed by atoms with Crippen molar-refractivity contribution in [3.05, 3.63) is 28.8 Å². The van der Waals surface area contributed by atoms with Crippen molar-refractivity contribution in [3.8, 4) is 11.5 Å². The predicted octanol–water partition coefficient (Wildman–Crippen LogP) is 1.51. The van der Waals surface area contributed by atoms with Gasteiger partial charge in [-0.2, -0.15) is 0 Å². The van der Waals surface area contributed by atoms with Gasteiger partial charge in [-0.1, -0.05) is 6.92 Å². The van der Waals surface area contributed by atoms with E-state index < -0.39 is 10.0 Å². The van der Waals surface area contributed by atoms with Gasteiger partial charge in [0.25, 0.3) is 5.56 Å². The quantitative estimate of drug-likeness (QED) is 0.547. The van der Waals surface area contributed by atoms with E-state index in [-0.39, 0.29) is 23.3 Å². The zero-order valence-corrected chi connectivity index (χ0v) is 20.2. The van der Waals surface area contributed by atoms with Crippen molar-refractivity contribution >= 4 is 26.8 Å². The van der Waals surface area contributed by atoms with Crippen molar-refractivity contribution in [2.45, 2.75) is 51.6 Å². The molecular weight excluding hydrogens is 448 g/mol. The lowest BCUT2D eigenvalue weighted by Crippen LogP contribution is -2.47. The third kappa shape index (κ3) is 6.23. The topological polar surface area (TPSA) is 120 Å². The van der Waals surface area contributed by atoms with Gasteiger partial charge in [-0.05, 0) is 31.7 Å². The van der Waals surface area contributed by atoms with Crippen molar-refractivity contribution in [2.75, 3.05) is 33.1 Å². The lowest BCUT2D eigenvalue weighted by molar-refractivity contribution is -0.132. The van der Waals surface area contributed by atoms with Gasteiger partial charge in [0.2, 0.25) is 15.9 Å². The number of fused-ring (bicyclic) bond motifs is 1. The van der Waals surface area contributed by atoms with E-state index in [1.165, 1.54) is 25.1 Å². The van der Waals surface area contributed by atoms with Gasteiger partial charge in [-0.25, -0.2) is 18.1 Å². The molecule has 0 spiro atoms. The number of nitrogens with one attached hydrogen (secondary N) is 1. The summed E-state index contributed by atoms with van der Waals surface area (Å²) in [5.41, 5.74) is 0.316. The van der Waals surface area contributed by atoms with Crippen molar-refractivity contribution in [1.29, 1.82) is 0 Å². The molecule has 0 saturated carbocycles. The molecule has 2 heterocycles. The summed E-state index contributed by atoms with van der Waals surface area (Å²) in [6, 6.07) is 3.16. The highest BCUT2D eigenvalue weighted by Gasteiger charge is 2.25. The molecular formula is C22H32N4O6S. The fraction of sp³-hybridized carbons (Fsp3) is 0.591. The van der Waals surface area contributed by atoms with Gasteiger partial charge in [0, 0.05) is 38.2 Å². The highest BCUT2D eigenvalue weighted by atomic mass is 32.2. The van der Waals surface area contributed by atoms with Gasteiger partial charge in [0.1, 0.15) is 0 Å². The number of likely N-dealkylation sites (tertiary alicyclic amines) is 1.